The van der Waals surface area contributed by atoms with E-state index in [4.69, 9.17) is 4.74 Å². The van der Waals surface area contributed by atoms with Crippen molar-refractivity contribution in [1.29, 1.82) is 0 Å². The summed E-state index contributed by atoms with van der Waals surface area (Å²) in [7, 11) is -0.633. The summed E-state index contributed by atoms with van der Waals surface area (Å²) in [6.45, 7) is 3.88. The van der Waals surface area contributed by atoms with Crippen molar-refractivity contribution in [2.24, 2.45) is 5.92 Å². The van der Waals surface area contributed by atoms with Gasteiger partial charge in [0, 0.05) is 20.0 Å². The van der Waals surface area contributed by atoms with Crippen molar-refractivity contribution in [3.63, 3.8) is 0 Å². The molecule has 7 nitrogen and oxygen atoms in total. The van der Waals surface area contributed by atoms with Gasteiger partial charge in [-0.3, -0.25) is 4.79 Å². The first-order chi connectivity index (χ1) is 11.4. The van der Waals surface area contributed by atoms with Crippen LogP contribution in [0.4, 0.5) is 5.69 Å². The highest BCUT2D eigenvalue weighted by molar-refractivity contribution is 7.89. The Bertz CT molecular complexity index is 689. The summed E-state index contributed by atoms with van der Waals surface area (Å²) in [5, 5.41) is 6.06. The molecular formula is C16H26ClN3O4S. The molecule has 0 saturated carbocycles. The molecule has 1 aromatic carbocycles. The van der Waals surface area contributed by atoms with Crippen molar-refractivity contribution in [1.82, 2.24) is 9.62 Å². The second kappa shape index (κ2) is 9.38. The first-order valence-corrected chi connectivity index (χ1v) is 9.51. The summed E-state index contributed by atoms with van der Waals surface area (Å²) in [6.07, 6.45) is 1.54. The molecule has 1 aliphatic rings. The van der Waals surface area contributed by atoms with E-state index in [1.54, 1.807) is 6.07 Å². The lowest BCUT2D eigenvalue weighted by Gasteiger charge is -2.22. The fourth-order valence-electron chi connectivity index (χ4n) is 2.58. The largest absolute Gasteiger partial charge is 0.492 e. The molecule has 1 fully saturated rings. The van der Waals surface area contributed by atoms with Gasteiger partial charge in [0.25, 0.3) is 0 Å². The third-order valence-corrected chi connectivity index (χ3v) is 5.81. The zero-order valence-corrected chi connectivity index (χ0v) is 16.4. The average Bonchev–Trinajstić information content (AvgIpc) is 2.57. The number of hydrogen-bond acceptors (Lipinski definition) is 5. The summed E-state index contributed by atoms with van der Waals surface area (Å²) < 4.78 is 31.3. The number of halogens is 1. The Morgan fingerprint density at radius 2 is 1.96 bits per heavy atom. The number of amides is 1. The topological polar surface area (TPSA) is 87.7 Å². The number of nitrogens with one attached hydrogen (secondary N) is 2. The monoisotopic (exact) mass is 391 g/mol. The van der Waals surface area contributed by atoms with Gasteiger partial charge in [0.1, 0.15) is 5.75 Å². The fraction of sp³-hybridized carbons (Fsp3) is 0.562. The maximum Gasteiger partial charge on any atom is 0.242 e. The lowest BCUT2D eigenvalue weighted by Crippen LogP contribution is -2.34. The third kappa shape index (κ3) is 5.31. The summed E-state index contributed by atoms with van der Waals surface area (Å²) in [4.78, 5) is 12.6. The van der Waals surface area contributed by atoms with Crippen LogP contribution in [0.5, 0.6) is 5.75 Å². The van der Waals surface area contributed by atoms with Gasteiger partial charge in [-0.15, -0.1) is 12.4 Å². The third-order valence-electron chi connectivity index (χ3n) is 4.00. The lowest BCUT2D eigenvalue weighted by atomic mass is 9.97. The molecule has 0 bridgehead atoms. The number of sulfonamides is 1. The van der Waals surface area contributed by atoms with Crippen LogP contribution in [-0.4, -0.2) is 52.4 Å². The van der Waals surface area contributed by atoms with Gasteiger partial charge < -0.3 is 15.4 Å². The fourth-order valence-corrected chi connectivity index (χ4v) is 3.51. The highest BCUT2D eigenvalue weighted by Gasteiger charge is 2.24. The maximum atomic E-state index is 12.5. The first kappa shape index (κ1) is 21.7. The first-order valence-electron chi connectivity index (χ1n) is 8.07. The molecular weight excluding hydrogens is 366 g/mol. The lowest BCUT2D eigenvalue weighted by molar-refractivity contribution is -0.120. The molecule has 1 aromatic rings. The number of benzene rings is 1. The van der Waals surface area contributed by atoms with E-state index in [9.17, 15) is 13.2 Å². The highest BCUT2D eigenvalue weighted by atomic mass is 35.5. The minimum atomic E-state index is -3.58. The molecule has 1 heterocycles. The smallest absolute Gasteiger partial charge is 0.242 e. The van der Waals surface area contributed by atoms with Gasteiger partial charge in [0.05, 0.1) is 17.2 Å². The van der Waals surface area contributed by atoms with E-state index in [0.29, 0.717) is 18.0 Å². The average molecular weight is 392 g/mol. The Balaban J connectivity index is 0.00000312. The molecule has 25 heavy (non-hydrogen) atoms. The predicted octanol–water partition coefficient (Wildman–Crippen LogP) is 1.70. The van der Waals surface area contributed by atoms with Crippen LogP contribution < -0.4 is 15.4 Å². The van der Waals surface area contributed by atoms with Gasteiger partial charge in [0.15, 0.2) is 0 Å². The van der Waals surface area contributed by atoms with Crippen molar-refractivity contribution in [2.75, 3.05) is 39.1 Å². The molecule has 142 valence electrons. The Kier molecular flexibility index (Phi) is 8.14. The van der Waals surface area contributed by atoms with E-state index in [2.05, 4.69) is 10.6 Å². The van der Waals surface area contributed by atoms with Crippen LogP contribution >= 0.6 is 12.4 Å². The number of carbonyl (C=O) groups is 1. The molecule has 1 amide bonds. The van der Waals surface area contributed by atoms with Gasteiger partial charge in [-0.2, -0.15) is 0 Å². The van der Waals surface area contributed by atoms with Crippen molar-refractivity contribution >= 4 is 34.0 Å². The minimum Gasteiger partial charge on any atom is -0.492 e. The molecule has 2 N–H and O–H groups in total. The van der Waals surface area contributed by atoms with Crippen LogP contribution in [0.1, 0.15) is 19.8 Å². The quantitative estimate of drug-likeness (QED) is 0.770. The number of anilines is 1. The number of carbonyl (C=O) groups excluding carboxylic acids is 1. The second-order valence-electron chi connectivity index (χ2n) is 5.89. The van der Waals surface area contributed by atoms with Crippen LogP contribution in [0.2, 0.25) is 0 Å². The van der Waals surface area contributed by atoms with E-state index in [1.165, 1.54) is 26.2 Å². The standard InChI is InChI=1S/C16H25N3O4S.ClH/c1-4-23-15-6-5-13(24(21,22)19(2)3)11-14(15)18-16(20)12-7-9-17-10-8-12;/h5-6,11-12,17H,4,7-10H2,1-3H3,(H,18,20);1H. The van der Waals surface area contributed by atoms with Crippen molar-refractivity contribution in [3.05, 3.63) is 18.2 Å². The second-order valence-corrected chi connectivity index (χ2v) is 8.04. The highest BCUT2D eigenvalue weighted by Crippen LogP contribution is 2.29. The molecule has 0 aromatic heterocycles. The molecule has 2 rings (SSSR count). The molecule has 1 saturated heterocycles. The van der Waals surface area contributed by atoms with E-state index in [1.807, 2.05) is 6.92 Å². The molecule has 0 spiro atoms. The number of ether oxygens (including phenoxy) is 1. The summed E-state index contributed by atoms with van der Waals surface area (Å²) >= 11 is 0. The van der Waals surface area contributed by atoms with Gasteiger partial charge in [-0.1, -0.05) is 0 Å². The molecule has 1 aliphatic heterocycles. The van der Waals surface area contributed by atoms with E-state index < -0.39 is 10.0 Å². The van der Waals surface area contributed by atoms with Crippen molar-refractivity contribution < 1.29 is 17.9 Å². The Morgan fingerprint density at radius 1 is 1.32 bits per heavy atom. The summed E-state index contributed by atoms with van der Waals surface area (Å²) in [5.74, 6) is 0.296. The van der Waals surface area contributed by atoms with Crippen LogP contribution in [0.3, 0.4) is 0 Å². The van der Waals surface area contributed by atoms with Crippen molar-refractivity contribution in [3.8, 4) is 5.75 Å². The van der Waals surface area contributed by atoms with Crippen molar-refractivity contribution in [2.45, 2.75) is 24.7 Å². The summed E-state index contributed by atoms with van der Waals surface area (Å²) in [5.41, 5.74) is 0.392. The van der Waals surface area contributed by atoms with Gasteiger partial charge >= 0.3 is 0 Å². The van der Waals surface area contributed by atoms with Gasteiger partial charge in [-0.25, -0.2) is 12.7 Å². The Hall–Kier alpha value is -1.35. The van der Waals surface area contributed by atoms with Gasteiger partial charge in [-0.05, 0) is 51.1 Å². The van der Waals surface area contributed by atoms with E-state index in [0.717, 1.165) is 30.2 Å². The normalized spacial score (nSPS) is 15.5. The number of rotatable bonds is 6. The minimum absolute atomic E-state index is 0. The summed E-state index contributed by atoms with van der Waals surface area (Å²) in [6, 6.07) is 4.53. The molecule has 0 radical (unpaired) electrons. The number of nitrogens with zero attached hydrogens (tertiary/aromatic N) is 1. The SMILES string of the molecule is CCOc1ccc(S(=O)(=O)N(C)C)cc1NC(=O)C1CCNCC1.Cl. The van der Waals surface area contributed by atoms with E-state index in [-0.39, 0.29) is 29.1 Å². The Morgan fingerprint density at radius 3 is 2.52 bits per heavy atom. The Labute approximate surface area is 155 Å². The zero-order valence-electron chi connectivity index (χ0n) is 14.7. The predicted molar refractivity (Wildman–Crippen MR) is 100.0 cm³/mol. The number of hydrogen-bond donors (Lipinski definition) is 2. The molecule has 0 aliphatic carbocycles. The maximum absolute atomic E-state index is 12.5. The van der Waals surface area contributed by atoms with Crippen LogP contribution in [0.25, 0.3) is 0 Å². The van der Waals surface area contributed by atoms with Crippen LogP contribution in [0, 0.1) is 5.92 Å². The van der Waals surface area contributed by atoms with Crippen LogP contribution in [-0.2, 0) is 14.8 Å². The molecule has 9 heteroatoms. The number of piperidine rings is 1. The van der Waals surface area contributed by atoms with E-state index >= 15 is 0 Å². The molecule has 0 unspecified atom stereocenters. The van der Waals surface area contributed by atoms with Crippen LogP contribution in [0.15, 0.2) is 23.1 Å². The van der Waals surface area contributed by atoms with Gasteiger partial charge in [0.2, 0.25) is 15.9 Å². The molecule has 0 atom stereocenters. The zero-order chi connectivity index (χ0) is 17.7.